The summed E-state index contributed by atoms with van der Waals surface area (Å²) in [5.41, 5.74) is 2.08. The molecule has 0 aliphatic rings. The van der Waals surface area contributed by atoms with Gasteiger partial charge in [-0.15, -0.1) is 0 Å². The van der Waals surface area contributed by atoms with Gasteiger partial charge in [0.15, 0.2) is 0 Å². The monoisotopic (exact) mass is 303 g/mol. The molecule has 108 valence electrons. The summed E-state index contributed by atoms with van der Waals surface area (Å²) >= 11 is 5.81. The van der Waals surface area contributed by atoms with Gasteiger partial charge in [-0.3, -0.25) is 4.79 Å². The number of amides is 1. The Morgan fingerprint density at radius 1 is 1.43 bits per heavy atom. The van der Waals surface area contributed by atoms with E-state index in [9.17, 15) is 4.79 Å². The molecule has 0 fully saturated rings. The van der Waals surface area contributed by atoms with Gasteiger partial charge in [-0.1, -0.05) is 24.0 Å². The summed E-state index contributed by atoms with van der Waals surface area (Å²) in [5, 5.41) is 8.79. The molecule has 1 aromatic carbocycles. The fourth-order valence-corrected chi connectivity index (χ4v) is 2.08. The fourth-order valence-electron chi connectivity index (χ4n) is 1.89. The number of benzene rings is 1. The topological polar surface area (TPSA) is 53.7 Å². The van der Waals surface area contributed by atoms with Gasteiger partial charge in [0.2, 0.25) is 5.22 Å². The van der Waals surface area contributed by atoms with Gasteiger partial charge in [-0.05, 0) is 35.4 Å². The molecular formula is C16H14ClNO3. The van der Waals surface area contributed by atoms with Gasteiger partial charge >= 0.3 is 0 Å². The van der Waals surface area contributed by atoms with Crippen LogP contribution in [-0.2, 0) is 6.54 Å². The number of rotatable bonds is 3. The fraction of sp³-hybridized carbons (Fsp3) is 0.188. The Balaban J connectivity index is 2.11. The van der Waals surface area contributed by atoms with E-state index in [-0.39, 0.29) is 17.7 Å². The van der Waals surface area contributed by atoms with Crippen molar-refractivity contribution in [1.29, 1.82) is 0 Å². The van der Waals surface area contributed by atoms with E-state index < -0.39 is 0 Å². The summed E-state index contributed by atoms with van der Waals surface area (Å²) in [5.74, 6) is 5.22. The van der Waals surface area contributed by atoms with E-state index in [1.807, 2.05) is 24.3 Å². The van der Waals surface area contributed by atoms with Crippen molar-refractivity contribution in [2.75, 3.05) is 13.7 Å². The lowest BCUT2D eigenvalue weighted by atomic mass is 10.1. The number of nitrogens with zero attached hydrogens (tertiary/aromatic N) is 1. The maximum atomic E-state index is 12.2. The zero-order valence-corrected chi connectivity index (χ0v) is 12.2. The maximum Gasteiger partial charge on any atom is 0.258 e. The Morgan fingerprint density at radius 2 is 2.24 bits per heavy atom. The van der Waals surface area contributed by atoms with Crippen LogP contribution in [0.1, 0.15) is 21.5 Å². The van der Waals surface area contributed by atoms with Crippen LogP contribution < -0.4 is 0 Å². The lowest BCUT2D eigenvalue weighted by Crippen LogP contribution is -2.26. The minimum absolute atomic E-state index is 0.0920. The highest BCUT2D eigenvalue weighted by atomic mass is 35.5. The average Bonchev–Trinajstić information content (AvgIpc) is 2.90. The van der Waals surface area contributed by atoms with Gasteiger partial charge in [0.25, 0.3) is 5.91 Å². The number of hydrogen-bond acceptors (Lipinski definition) is 3. The third-order valence-electron chi connectivity index (χ3n) is 2.85. The van der Waals surface area contributed by atoms with Crippen LogP contribution in [0, 0.1) is 11.8 Å². The van der Waals surface area contributed by atoms with E-state index in [0.717, 1.165) is 11.1 Å². The highest BCUT2D eigenvalue weighted by Crippen LogP contribution is 2.19. The molecule has 0 saturated heterocycles. The number of aliphatic hydroxyl groups excluding tert-OH is 1. The van der Waals surface area contributed by atoms with Crippen LogP contribution >= 0.6 is 11.6 Å². The second-order valence-electron chi connectivity index (χ2n) is 4.43. The van der Waals surface area contributed by atoms with Crippen molar-refractivity contribution >= 4 is 17.5 Å². The molecule has 1 amide bonds. The highest BCUT2D eigenvalue weighted by Gasteiger charge is 2.17. The van der Waals surface area contributed by atoms with Crippen LogP contribution in [0.3, 0.4) is 0 Å². The first-order chi connectivity index (χ1) is 10.1. The first-order valence-electron chi connectivity index (χ1n) is 6.29. The number of halogens is 1. The van der Waals surface area contributed by atoms with E-state index in [0.29, 0.717) is 12.1 Å². The molecule has 0 unspecified atom stereocenters. The van der Waals surface area contributed by atoms with E-state index in [1.165, 1.54) is 6.26 Å². The number of carbonyl (C=O) groups excluding carboxylic acids is 1. The summed E-state index contributed by atoms with van der Waals surface area (Å²) in [4.78, 5) is 13.8. The van der Waals surface area contributed by atoms with Crippen molar-refractivity contribution in [3.05, 3.63) is 58.5 Å². The number of carbonyl (C=O) groups is 1. The van der Waals surface area contributed by atoms with E-state index in [1.54, 1.807) is 18.0 Å². The van der Waals surface area contributed by atoms with Crippen molar-refractivity contribution in [3.8, 4) is 11.8 Å². The van der Waals surface area contributed by atoms with Crippen LogP contribution in [0.15, 0.2) is 41.0 Å². The van der Waals surface area contributed by atoms with Crippen LogP contribution in [0.4, 0.5) is 0 Å². The SMILES string of the molecule is CN(Cc1cccc(C#CCO)c1)C(=O)c1ccoc1Cl. The summed E-state index contributed by atoms with van der Waals surface area (Å²) < 4.78 is 4.93. The largest absolute Gasteiger partial charge is 0.452 e. The van der Waals surface area contributed by atoms with E-state index >= 15 is 0 Å². The Kier molecular flexibility index (Phi) is 5.04. The molecule has 1 N–H and O–H groups in total. The Hall–Kier alpha value is -2.22. The molecule has 0 bridgehead atoms. The molecule has 0 aliphatic heterocycles. The number of hydrogen-bond donors (Lipinski definition) is 1. The van der Waals surface area contributed by atoms with Crippen LogP contribution in [0.25, 0.3) is 0 Å². The molecule has 4 nitrogen and oxygen atoms in total. The van der Waals surface area contributed by atoms with Crippen molar-refractivity contribution in [2.45, 2.75) is 6.54 Å². The van der Waals surface area contributed by atoms with E-state index in [2.05, 4.69) is 11.8 Å². The summed E-state index contributed by atoms with van der Waals surface area (Å²) in [7, 11) is 1.69. The van der Waals surface area contributed by atoms with Crippen molar-refractivity contribution in [1.82, 2.24) is 4.90 Å². The normalized spacial score (nSPS) is 9.86. The van der Waals surface area contributed by atoms with Crippen molar-refractivity contribution < 1.29 is 14.3 Å². The molecule has 2 aromatic rings. The summed E-state index contributed by atoms with van der Waals surface area (Å²) in [6, 6.07) is 9.04. The Labute approximate surface area is 127 Å². The molecule has 0 saturated carbocycles. The Morgan fingerprint density at radius 3 is 2.90 bits per heavy atom. The molecule has 0 aliphatic carbocycles. The van der Waals surface area contributed by atoms with Gasteiger partial charge in [-0.2, -0.15) is 0 Å². The number of aliphatic hydroxyl groups is 1. The van der Waals surface area contributed by atoms with Crippen LogP contribution in [0.2, 0.25) is 5.22 Å². The Bertz CT molecular complexity index is 697. The molecule has 21 heavy (non-hydrogen) atoms. The van der Waals surface area contributed by atoms with Gasteiger partial charge in [0.05, 0.1) is 11.8 Å². The first kappa shape index (κ1) is 15.2. The minimum atomic E-state index is -0.208. The third-order valence-corrected chi connectivity index (χ3v) is 3.15. The quantitative estimate of drug-likeness (QED) is 0.887. The van der Waals surface area contributed by atoms with Gasteiger partial charge in [-0.25, -0.2) is 0 Å². The molecule has 2 rings (SSSR count). The lowest BCUT2D eigenvalue weighted by Gasteiger charge is -2.16. The summed E-state index contributed by atoms with van der Waals surface area (Å²) in [6.45, 7) is 0.247. The predicted octanol–water partition coefficient (Wildman–Crippen LogP) is 2.55. The average molecular weight is 304 g/mol. The predicted molar refractivity (Wildman–Crippen MR) is 79.9 cm³/mol. The minimum Gasteiger partial charge on any atom is -0.452 e. The molecule has 0 radical (unpaired) electrons. The second-order valence-corrected chi connectivity index (χ2v) is 4.77. The maximum absolute atomic E-state index is 12.2. The molecule has 0 atom stereocenters. The highest BCUT2D eigenvalue weighted by molar-refractivity contribution is 6.32. The zero-order valence-electron chi connectivity index (χ0n) is 11.5. The van der Waals surface area contributed by atoms with Crippen molar-refractivity contribution in [2.24, 2.45) is 0 Å². The smallest absolute Gasteiger partial charge is 0.258 e. The van der Waals surface area contributed by atoms with Crippen molar-refractivity contribution in [3.63, 3.8) is 0 Å². The molecule has 1 aromatic heterocycles. The lowest BCUT2D eigenvalue weighted by molar-refractivity contribution is 0.0784. The van der Waals surface area contributed by atoms with E-state index in [4.69, 9.17) is 21.1 Å². The first-order valence-corrected chi connectivity index (χ1v) is 6.66. The molecule has 1 heterocycles. The molecule has 0 spiro atoms. The van der Waals surface area contributed by atoms with Crippen LogP contribution in [0.5, 0.6) is 0 Å². The second kappa shape index (κ2) is 6.98. The van der Waals surface area contributed by atoms with Gasteiger partial charge in [0.1, 0.15) is 6.61 Å². The standard InChI is InChI=1S/C16H14ClNO3/c1-18(16(20)14-7-9-21-15(14)17)11-13-5-2-4-12(10-13)6-3-8-19/h2,4-5,7,9-10,19H,8,11H2,1H3. The number of furan rings is 1. The van der Waals surface area contributed by atoms with Gasteiger partial charge < -0.3 is 14.4 Å². The summed E-state index contributed by atoms with van der Waals surface area (Å²) in [6.07, 6.45) is 1.38. The molecule has 5 heteroatoms. The van der Waals surface area contributed by atoms with Gasteiger partial charge in [0, 0.05) is 19.2 Å². The zero-order chi connectivity index (χ0) is 15.2. The third kappa shape index (κ3) is 3.88. The van der Waals surface area contributed by atoms with Crippen LogP contribution in [-0.4, -0.2) is 29.6 Å². The molecular weight excluding hydrogens is 290 g/mol.